The van der Waals surface area contributed by atoms with E-state index in [4.69, 9.17) is 9.47 Å². The number of aliphatic hydroxyl groups excluding tert-OH is 1. The van der Waals surface area contributed by atoms with Gasteiger partial charge in [-0.1, -0.05) is 13.8 Å². The van der Waals surface area contributed by atoms with Crippen molar-refractivity contribution in [3.63, 3.8) is 0 Å². The van der Waals surface area contributed by atoms with Crippen LogP contribution in [0.4, 0.5) is 0 Å². The van der Waals surface area contributed by atoms with Crippen molar-refractivity contribution in [2.24, 2.45) is 23.7 Å². The monoisotopic (exact) mass is 242 g/mol. The van der Waals surface area contributed by atoms with E-state index in [0.29, 0.717) is 30.3 Å². The zero-order valence-electron chi connectivity index (χ0n) is 11.3. The van der Waals surface area contributed by atoms with Gasteiger partial charge in [-0.05, 0) is 43.9 Å². The first-order chi connectivity index (χ1) is 8.07. The minimum atomic E-state index is -0.367. The largest absolute Gasteiger partial charge is 0.396 e. The van der Waals surface area contributed by atoms with Crippen LogP contribution in [0.15, 0.2) is 0 Å². The van der Waals surface area contributed by atoms with Gasteiger partial charge < -0.3 is 14.6 Å². The molecule has 100 valence electrons. The fourth-order valence-electron chi connectivity index (χ4n) is 3.53. The van der Waals surface area contributed by atoms with Gasteiger partial charge in [0.15, 0.2) is 5.79 Å². The summed E-state index contributed by atoms with van der Waals surface area (Å²) in [5.41, 5.74) is 0. The second kappa shape index (κ2) is 5.25. The molecule has 0 aromatic heterocycles. The predicted octanol–water partition coefficient (Wildman–Crippen LogP) is 2.43. The molecule has 0 radical (unpaired) electrons. The molecule has 0 aromatic carbocycles. The molecule has 1 heterocycles. The Labute approximate surface area is 104 Å². The summed E-state index contributed by atoms with van der Waals surface area (Å²) >= 11 is 0. The summed E-state index contributed by atoms with van der Waals surface area (Å²) in [7, 11) is 0. The molecule has 3 nitrogen and oxygen atoms in total. The number of hydrogen-bond acceptors (Lipinski definition) is 3. The molecular weight excluding hydrogens is 216 g/mol. The van der Waals surface area contributed by atoms with E-state index in [1.165, 1.54) is 12.8 Å². The van der Waals surface area contributed by atoms with Crippen molar-refractivity contribution in [2.45, 2.75) is 45.8 Å². The van der Waals surface area contributed by atoms with E-state index >= 15 is 0 Å². The number of aliphatic hydroxyl groups is 1. The lowest BCUT2D eigenvalue weighted by Gasteiger charge is -2.42. The van der Waals surface area contributed by atoms with Crippen molar-refractivity contribution in [3.05, 3.63) is 0 Å². The van der Waals surface area contributed by atoms with Crippen LogP contribution in [0.1, 0.15) is 40.0 Å². The molecule has 3 heteroatoms. The topological polar surface area (TPSA) is 38.7 Å². The van der Waals surface area contributed by atoms with Crippen LogP contribution in [0, 0.1) is 23.7 Å². The molecule has 1 saturated heterocycles. The first-order valence-corrected chi connectivity index (χ1v) is 6.95. The summed E-state index contributed by atoms with van der Waals surface area (Å²) in [6.45, 7) is 8.29. The van der Waals surface area contributed by atoms with E-state index in [0.717, 1.165) is 19.6 Å². The maximum atomic E-state index is 9.36. The van der Waals surface area contributed by atoms with Crippen molar-refractivity contribution >= 4 is 0 Å². The van der Waals surface area contributed by atoms with E-state index in [9.17, 15) is 5.11 Å². The Hall–Kier alpha value is -0.120. The van der Waals surface area contributed by atoms with Crippen molar-refractivity contribution in [3.8, 4) is 0 Å². The van der Waals surface area contributed by atoms with Gasteiger partial charge in [0.2, 0.25) is 0 Å². The Morgan fingerprint density at radius 2 is 1.94 bits per heavy atom. The van der Waals surface area contributed by atoms with Crippen LogP contribution in [0.25, 0.3) is 0 Å². The van der Waals surface area contributed by atoms with Gasteiger partial charge in [0.25, 0.3) is 0 Å². The number of ether oxygens (including phenoxy) is 2. The molecule has 1 aliphatic carbocycles. The number of rotatable bonds is 3. The Kier molecular flexibility index (Phi) is 4.11. The summed E-state index contributed by atoms with van der Waals surface area (Å²) in [5, 5.41) is 9.36. The van der Waals surface area contributed by atoms with E-state index < -0.39 is 0 Å². The molecule has 0 amide bonds. The van der Waals surface area contributed by atoms with Crippen LogP contribution in [0.2, 0.25) is 0 Å². The van der Waals surface area contributed by atoms with Crippen LogP contribution >= 0.6 is 0 Å². The Morgan fingerprint density at radius 3 is 2.53 bits per heavy atom. The first-order valence-electron chi connectivity index (χ1n) is 6.95. The summed E-state index contributed by atoms with van der Waals surface area (Å²) in [6.07, 6.45) is 3.54. The summed E-state index contributed by atoms with van der Waals surface area (Å²) < 4.78 is 11.6. The van der Waals surface area contributed by atoms with Crippen LogP contribution in [-0.2, 0) is 9.47 Å². The average molecular weight is 242 g/mol. The fraction of sp³-hybridized carbons (Fsp3) is 1.00. The van der Waals surface area contributed by atoms with Gasteiger partial charge in [-0.25, -0.2) is 0 Å². The Morgan fingerprint density at radius 1 is 1.29 bits per heavy atom. The Balaban J connectivity index is 2.02. The van der Waals surface area contributed by atoms with E-state index in [1.807, 2.05) is 0 Å². The highest BCUT2D eigenvalue weighted by Crippen LogP contribution is 2.44. The van der Waals surface area contributed by atoms with Gasteiger partial charge in [-0.3, -0.25) is 0 Å². The van der Waals surface area contributed by atoms with Gasteiger partial charge in [0.1, 0.15) is 0 Å². The lowest BCUT2D eigenvalue weighted by Crippen LogP contribution is -2.42. The normalized spacial score (nSPS) is 39.2. The standard InChI is InChI=1S/C14H26O3/c1-10-4-5-12(8-13(10)11(2)9-15)14(3)16-6-7-17-14/h10-13,15H,4-9H2,1-3H3/t10-,11-,12+,13+/m1/s1. The highest BCUT2D eigenvalue weighted by molar-refractivity contribution is 4.88. The summed E-state index contributed by atoms with van der Waals surface area (Å²) in [6, 6.07) is 0. The minimum absolute atomic E-state index is 0.292. The predicted molar refractivity (Wildman–Crippen MR) is 66.6 cm³/mol. The molecule has 0 bridgehead atoms. The quantitative estimate of drug-likeness (QED) is 0.826. The van der Waals surface area contributed by atoms with Crippen LogP contribution < -0.4 is 0 Å². The third-order valence-corrected chi connectivity index (χ3v) is 4.88. The molecule has 0 aromatic rings. The van der Waals surface area contributed by atoms with Crippen LogP contribution in [0.5, 0.6) is 0 Å². The highest BCUT2D eigenvalue weighted by atomic mass is 16.7. The van der Waals surface area contributed by atoms with Gasteiger partial charge >= 0.3 is 0 Å². The zero-order chi connectivity index (χ0) is 12.5. The van der Waals surface area contributed by atoms with Crippen LogP contribution in [0.3, 0.4) is 0 Å². The molecule has 2 aliphatic rings. The summed E-state index contributed by atoms with van der Waals surface area (Å²) in [5.74, 6) is 1.81. The lowest BCUT2D eigenvalue weighted by atomic mass is 9.68. The second-order valence-electron chi connectivity index (χ2n) is 6.02. The Bertz CT molecular complexity index is 244. The molecule has 0 spiro atoms. The van der Waals surface area contributed by atoms with Gasteiger partial charge in [0, 0.05) is 12.5 Å². The number of hydrogen-bond donors (Lipinski definition) is 1. The molecule has 0 unspecified atom stereocenters. The average Bonchev–Trinajstić information content (AvgIpc) is 2.77. The van der Waals surface area contributed by atoms with Gasteiger partial charge in [0.05, 0.1) is 13.2 Å². The fourth-order valence-corrected chi connectivity index (χ4v) is 3.53. The molecule has 4 atom stereocenters. The lowest BCUT2D eigenvalue weighted by molar-refractivity contribution is -0.195. The maximum absolute atomic E-state index is 9.36. The van der Waals surface area contributed by atoms with Crippen LogP contribution in [-0.4, -0.2) is 30.7 Å². The maximum Gasteiger partial charge on any atom is 0.168 e. The van der Waals surface area contributed by atoms with Crippen molar-refractivity contribution in [1.29, 1.82) is 0 Å². The molecule has 1 saturated carbocycles. The third-order valence-electron chi connectivity index (χ3n) is 4.88. The van der Waals surface area contributed by atoms with Crippen molar-refractivity contribution in [1.82, 2.24) is 0 Å². The van der Waals surface area contributed by atoms with E-state index in [2.05, 4.69) is 20.8 Å². The molecule has 2 rings (SSSR count). The zero-order valence-corrected chi connectivity index (χ0v) is 11.3. The van der Waals surface area contributed by atoms with E-state index in [-0.39, 0.29) is 5.79 Å². The molecule has 17 heavy (non-hydrogen) atoms. The first kappa shape index (κ1) is 13.3. The van der Waals surface area contributed by atoms with Gasteiger partial charge in [-0.2, -0.15) is 0 Å². The highest BCUT2D eigenvalue weighted by Gasteiger charge is 2.44. The smallest absolute Gasteiger partial charge is 0.168 e. The van der Waals surface area contributed by atoms with Gasteiger partial charge in [-0.15, -0.1) is 0 Å². The molecule has 1 N–H and O–H groups in total. The van der Waals surface area contributed by atoms with Crippen molar-refractivity contribution < 1.29 is 14.6 Å². The summed E-state index contributed by atoms with van der Waals surface area (Å²) in [4.78, 5) is 0. The third kappa shape index (κ3) is 2.67. The molecular formula is C14H26O3. The molecule has 1 aliphatic heterocycles. The molecule has 2 fully saturated rings. The van der Waals surface area contributed by atoms with E-state index in [1.54, 1.807) is 0 Å². The second-order valence-corrected chi connectivity index (χ2v) is 6.02. The van der Waals surface area contributed by atoms with Crippen molar-refractivity contribution in [2.75, 3.05) is 19.8 Å². The SMILES string of the molecule is C[C@H](CO)[C@H]1C[C@@H](C2(C)OCCO2)CC[C@H]1C. The minimum Gasteiger partial charge on any atom is -0.396 e.